The molecule has 0 fully saturated rings. The van der Waals surface area contributed by atoms with Crippen LogP contribution in [0.15, 0.2) is 54.9 Å². The van der Waals surface area contributed by atoms with Crippen LogP contribution in [0.2, 0.25) is 0 Å². The number of aryl methyl sites for hydroxylation is 1. The second-order valence-corrected chi connectivity index (χ2v) is 11.1. The predicted octanol–water partition coefficient (Wildman–Crippen LogP) is 5.16. The molecule has 5 rings (SSSR count). The molecule has 1 atom stereocenters. The van der Waals surface area contributed by atoms with E-state index in [1.54, 1.807) is 25.6 Å². The summed E-state index contributed by atoms with van der Waals surface area (Å²) in [7, 11) is 3.69. The van der Waals surface area contributed by atoms with Gasteiger partial charge >= 0.3 is 5.97 Å². The Hall–Kier alpha value is -4.14. The average Bonchev–Trinajstić information content (AvgIpc) is 3.34. The van der Waals surface area contributed by atoms with Gasteiger partial charge in [0.15, 0.2) is 0 Å². The molecule has 210 valence electrons. The molecule has 1 aliphatic heterocycles. The van der Waals surface area contributed by atoms with E-state index in [4.69, 9.17) is 19.2 Å². The van der Waals surface area contributed by atoms with Gasteiger partial charge in [-0.2, -0.15) is 5.10 Å². The van der Waals surface area contributed by atoms with E-state index in [9.17, 15) is 4.79 Å². The van der Waals surface area contributed by atoms with Crippen LogP contribution in [0.4, 0.5) is 5.69 Å². The minimum atomic E-state index is -0.580. The van der Waals surface area contributed by atoms with Crippen molar-refractivity contribution in [2.24, 2.45) is 0 Å². The second-order valence-electron chi connectivity index (χ2n) is 11.1. The number of benzene rings is 1. The van der Waals surface area contributed by atoms with Crippen molar-refractivity contribution in [2.75, 3.05) is 32.2 Å². The molecule has 3 aromatic heterocycles. The standard InChI is InChI=1S/C31H37N5O4/c1-31(2,3)40-30(37)18-28(21-8-13-29(38-5)32-19-21)36-26-12-10-24(17-22(26)20-33-36)39-16-14-23-9-11-27-25(34-23)7-6-15-35(27)4/h8-13,17,19-20,28H,6-7,14-16,18H2,1-5H3. The topological polar surface area (TPSA) is 91.6 Å². The highest BCUT2D eigenvalue weighted by Gasteiger charge is 2.25. The van der Waals surface area contributed by atoms with Crippen molar-refractivity contribution in [3.8, 4) is 11.6 Å². The Morgan fingerprint density at radius 2 is 1.95 bits per heavy atom. The first-order chi connectivity index (χ1) is 19.2. The predicted molar refractivity (Wildman–Crippen MR) is 154 cm³/mol. The first-order valence-corrected chi connectivity index (χ1v) is 13.7. The second kappa shape index (κ2) is 11.5. The first kappa shape index (κ1) is 27.4. The smallest absolute Gasteiger partial charge is 0.308 e. The lowest BCUT2D eigenvalue weighted by atomic mass is 10.1. The van der Waals surface area contributed by atoms with E-state index >= 15 is 0 Å². The number of anilines is 1. The maximum atomic E-state index is 12.8. The summed E-state index contributed by atoms with van der Waals surface area (Å²) in [6, 6.07) is 13.4. The van der Waals surface area contributed by atoms with Gasteiger partial charge in [0.1, 0.15) is 11.4 Å². The Morgan fingerprint density at radius 1 is 1.10 bits per heavy atom. The molecule has 0 radical (unpaired) electrons. The maximum absolute atomic E-state index is 12.8. The van der Waals surface area contributed by atoms with E-state index in [1.807, 2.05) is 49.7 Å². The zero-order valence-electron chi connectivity index (χ0n) is 23.9. The lowest BCUT2D eigenvalue weighted by molar-refractivity contribution is -0.155. The number of rotatable bonds is 9. The van der Waals surface area contributed by atoms with Crippen LogP contribution in [0.25, 0.3) is 10.9 Å². The Morgan fingerprint density at radius 3 is 2.70 bits per heavy atom. The lowest BCUT2D eigenvalue weighted by Crippen LogP contribution is -2.26. The molecule has 0 spiro atoms. The van der Waals surface area contributed by atoms with Crippen LogP contribution in [0, 0.1) is 0 Å². The molecule has 0 N–H and O–H groups in total. The van der Waals surface area contributed by atoms with Crippen molar-refractivity contribution >= 4 is 22.6 Å². The molecule has 1 unspecified atom stereocenters. The number of ether oxygens (including phenoxy) is 3. The van der Waals surface area contributed by atoms with E-state index in [2.05, 4.69) is 34.2 Å². The zero-order valence-corrected chi connectivity index (χ0v) is 23.9. The molecule has 9 heteroatoms. The maximum Gasteiger partial charge on any atom is 0.308 e. The number of aromatic nitrogens is 4. The van der Waals surface area contributed by atoms with Crippen LogP contribution in [-0.2, 0) is 22.4 Å². The third kappa shape index (κ3) is 6.35. The summed E-state index contributed by atoms with van der Waals surface area (Å²) in [4.78, 5) is 24.3. The molecular weight excluding hydrogens is 506 g/mol. The number of fused-ring (bicyclic) bond motifs is 2. The fourth-order valence-corrected chi connectivity index (χ4v) is 5.05. The summed E-state index contributed by atoms with van der Waals surface area (Å²) in [6.45, 7) is 7.19. The van der Waals surface area contributed by atoms with Gasteiger partial charge in [0.2, 0.25) is 5.88 Å². The van der Waals surface area contributed by atoms with Crippen LogP contribution in [0.1, 0.15) is 56.6 Å². The van der Waals surface area contributed by atoms with Crippen LogP contribution >= 0.6 is 0 Å². The van der Waals surface area contributed by atoms with Crippen molar-refractivity contribution in [1.82, 2.24) is 19.7 Å². The normalized spacial score (nSPS) is 14.1. The Bertz CT molecular complexity index is 1480. The summed E-state index contributed by atoms with van der Waals surface area (Å²) >= 11 is 0. The third-order valence-corrected chi connectivity index (χ3v) is 6.95. The largest absolute Gasteiger partial charge is 0.493 e. The van der Waals surface area contributed by atoms with E-state index in [0.29, 0.717) is 12.5 Å². The average molecular weight is 544 g/mol. The summed E-state index contributed by atoms with van der Waals surface area (Å²) < 4.78 is 18.8. The van der Waals surface area contributed by atoms with Crippen LogP contribution in [0.3, 0.4) is 0 Å². The molecule has 0 amide bonds. The van der Waals surface area contributed by atoms with Crippen LogP contribution in [-0.4, -0.2) is 58.6 Å². The van der Waals surface area contributed by atoms with Gasteiger partial charge in [0, 0.05) is 43.4 Å². The number of pyridine rings is 2. The molecule has 9 nitrogen and oxygen atoms in total. The minimum absolute atomic E-state index is 0.115. The van der Waals surface area contributed by atoms with Gasteiger partial charge in [0.05, 0.1) is 49.3 Å². The summed E-state index contributed by atoms with van der Waals surface area (Å²) in [6.07, 6.45) is 6.52. The molecular formula is C31H37N5O4. The monoisotopic (exact) mass is 543 g/mol. The molecule has 0 aliphatic carbocycles. The van der Waals surface area contributed by atoms with Gasteiger partial charge < -0.3 is 19.1 Å². The number of carbonyl (C=O) groups is 1. The number of hydrogen-bond donors (Lipinski definition) is 0. The third-order valence-electron chi connectivity index (χ3n) is 6.95. The quantitative estimate of drug-likeness (QED) is 0.267. The van der Waals surface area contributed by atoms with Crippen molar-refractivity contribution in [1.29, 1.82) is 0 Å². The van der Waals surface area contributed by atoms with Crippen molar-refractivity contribution in [3.63, 3.8) is 0 Å². The van der Waals surface area contributed by atoms with Crippen LogP contribution in [0.5, 0.6) is 11.6 Å². The van der Waals surface area contributed by atoms with Crippen molar-refractivity contribution in [3.05, 3.63) is 71.8 Å². The number of carbonyl (C=O) groups excluding carboxylic acids is 1. The molecule has 1 aliphatic rings. The van der Waals surface area contributed by atoms with Crippen molar-refractivity contribution < 1.29 is 19.0 Å². The molecule has 1 aromatic carbocycles. The van der Waals surface area contributed by atoms with Gasteiger partial charge in [-0.3, -0.25) is 14.5 Å². The SMILES string of the molecule is COc1ccc(C(CC(=O)OC(C)(C)C)n2ncc3cc(OCCc4ccc5c(n4)CCCN5C)ccc32)cn1. The molecule has 0 saturated carbocycles. The van der Waals surface area contributed by atoms with E-state index < -0.39 is 11.6 Å². The highest BCUT2D eigenvalue weighted by Crippen LogP contribution is 2.30. The van der Waals surface area contributed by atoms with E-state index in [1.165, 1.54) is 11.4 Å². The number of esters is 1. The lowest BCUT2D eigenvalue weighted by Gasteiger charge is -2.26. The minimum Gasteiger partial charge on any atom is -0.493 e. The number of methoxy groups -OCH3 is 1. The highest BCUT2D eigenvalue weighted by molar-refractivity contribution is 5.81. The Labute approximate surface area is 235 Å². The Balaban J connectivity index is 1.32. The fourth-order valence-electron chi connectivity index (χ4n) is 5.05. The summed E-state index contributed by atoms with van der Waals surface area (Å²) in [5, 5.41) is 5.58. The molecule has 4 aromatic rings. The van der Waals surface area contributed by atoms with Gasteiger partial charge in [-0.25, -0.2) is 4.98 Å². The highest BCUT2D eigenvalue weighted by atomic mass is 16.6. The molecule has 4 heterocycles. The molecule has 0 bridgehead atoms. The van der Waals surface area contributed by atoms with Gasteiger partial charge in [-0.1, -0.05) is 0 Å². The first-order valence-electron chi connectivity index (χ1n) is 13.7. The molecule has 0 saturated heterocycles. The Kier molecular flexibility index (Phi) is 7.91. The van der Waals surface area contributed by atoms with E-state index in [0.717, 1.165) is 53.7 Å². The fraction of sp³-hybridized carbons (Fsp3) is 0.419. The van der Waals surface area contributed by atoms with Crippen LogP contribution < -0.4 is 14.4 Å². The van der Waals surface area contributed by atoms with Gasteiger partial charge in [0.25, 0.3) is 0 Å². The zero-order chi connectivity index (χ0) is 28.3. The van der Waals surface area contributed by atoms with E-state index in [-0.39, 0.29) is 12.4 Å². The van der Waals surface area contributed by atoms with Gasteiger partial charge in [-0.15, -0.1) is 0 Å². The van der Waals surface area contributed by atoms with Gasteiger partial charge in [-0.05, 0) is 75.6 Å². The number of hydrogen-bond acceptors (Lipinski definition) is 8. The molecule has 40 heavy (non-hydrogen) atoms. The summed E-state index contributed by atoms with van der Waals surface area (Å²) in [5.74, 6) is 0.962. The number of nitrogens with zero attached hydrogens (tertiary/aromatic N) is 5. The van der Waals surface area contributed by atoms with Crippen molar-refractivity contribution in [2.45, 2.75) is 58.1 Å². The summed E-state index contributed by atoms with van der Waals surface area (Å²) in [5.41, 5.74) is 4.59.